The predicted molar refractivity (Wildman–Crippen MR) is 105 cm³/mol. The highest BCUT2D eigenvalue weighted by Crippen LogP contribution is 2.31. The number of alkyl halides is 3. The molecule has 30 heavy (non-hydrogen) atoms. The minimum absolute atomic E-state index is 0.362. The van der Waals surface area contributed by atoms with Gasteiger partial charge in [-0.05, 0) is 55.0 Å². The third-order valence-corrected chi connectivity index (χ3v) is 4.81. The molecule has 0 unspecified atom stereocenters. The largest absolute Gasteiger partial charge is 0.497 e. The molecule has 0 atom stereocenters. The minimum atomic E-state index is -4.62. The van der Waals surface area contributed by atoms with Crippen molar-refractivity contribution in [2.24, 2.45) is 0 Å². The van der Waals surface area contributed by atoms with Crippen LogP contribution < -0.4 is 4.74 Å². The maximum absolute atomic E-state index is 13.1. The standard InChI is InChI=1S/C21H17ClF3NO4/c1-12-16(10-19(27)30-11-21(23,24)25)17-9-15(29-2)7-8-18(17)26(12)20(28)13-3-5-14(22)6-4-13/h3-9H,10-11H2,1-2H3. The van der Waals surface area contributed by atoms with Gasteiger partial charge >= 0.3 is 12.1 Å². The zero-order valence-electron chi connectivity index (χ0n) is 16.0. The van der Waals surface area contributed by atoms with Crippen LogP contribution in [0, 0.1) is 6.92 Å². The van der Waals surface area contributed by atoms with Gasteiger partial charge < -0.3 is 9.47 Å². The second-order valence-corrected chi connectivity index (χ2v) is 6.98. The highest BCUT2D eigenvalue weighted by molar-refractivity contribution is 6.30. The number of carbonyl (C=O) groups is 2. The summed E-state index contributed by atoms with van der Waals surface area (Å²) in [7, 11) is 1.46. The summed E-state index contributed by atoms with van der Waals surface area (Å²) in [6.07, 6.45) is -5.04. The van der Waals surface area contributed by atoms with Gasteiger partial charge in [-0.25, -0.2) is 0 Å². The van der Waals surface area contributed by atoms with Crippen LogP contribution in [0.4, 0.5) is 13.2 Å². The molecule has 158 valence electrons. The first-order valence-corrected chi connectivity index (χ1v) is 9.19. The topological polar surface area (TPSA) is 57.5 Å². The number of methoxy groups -OCH3 is 1. The van der Waals surface area contributed by atoms with Crippen molar-refractivity contribution in [1.82, 2.24) is 4.57 Å². The highest BCUT2D eigenvalue weighted by Gasteiger charge is 2.30. The number of aromatic nitrogens is 1. The molecule has 0 aliphatic heterocycles. The lowest BCUT2D eigenvalue weighted by Gasteiger charge is -2.09. The highest BCUT2D eigenvalue weighted by atomic mass is 35.5. The van der Waals surface area contributed by atoms with Gasteiger partial charge in [0, 0.05) is 21.7 Å². The van der Waals surface area contributed by atoms with E-state index in [0.717, 1.165) is 0 Å². The molecule has 0 aliphatic carbocycles. The van der Waals surface area contributed by atoms with Gasteiger partial charge in [0.2, 0.25) is 0 Å². The second kappa shape index (κ2) is 8.39. The number of ether oxygens (including phenoxy) is 2. The summed E-state index contributed by atoms with van der Waals surface area (Å²) in [5.74, 6) is -0.936. The number of rotatable bonds is 5. The molecule has 5 nitrogen and oxygen atoms in total. The van der Waals surface area contributed by atoms with Crippen molar-refractivity contribution in [3.05, 3.63) is 64.3 Å². The van der Waals surface area contributed by atoms with Crippen LogP contribution in [0.1, 0.15) is 21.6 Å². The summed E-state index contributed by atoms with van der Waals surface area (Å²) in [4.78, 5) is 25.2. The number of hydrogen-bond donors (Lipinski definition) is 0. The summed E-state index contributed by atoms with van der Waals surface area (Å²) < 4.78 is 48.0. The van der Waals surface area contributed by atoms with E-state index < -0.39 is 25.2 Å². The number of halogens is 4. The fraction of sp³-hybridized carbons (Fsp3) is 0.238. The summed E-state index contributed by atoms with van der Waals surface area (Å²) in [5.41, 5.74) is 1.66. The first-order valence-electron chi connectivity index (χ1n) is 8.81. The van der Waals surface area contributed by atoms with Gasteiger partial charge in [0.1, 0.15) is 5.75 Å². The van der Waals surface area contributed by atoms with E-state index in [-0.39, 0.29) is 5.91 Å². The SMILES string of the molecule is COc1ccc2c(c1)c(CC(=O)OCC(F)(F)F)c(C)n2C(=O)c1ccc(Cl)cc1. The first kappa shape index (κ1) is 21.7. The Bertz CT molecular complexity index is 1100. The molecule has 1 aromatic heterocycles. The lowest BCUT2D eigenvalue weighted by Crippen LogP contribution is -2.21. The van der Waals surface area contributed by atoms with Crippen molar-refractivity contribution in [3.8, 4) is 5.75 Å². The van der Waals surface area contributed by atoms with E-state index in [4.69, 9.17) is 16.3 Å². The average Bonchev–Trinajstić information content (AvgIpc) is 2.96. The molecule has 9 heteroatoms. The fourth-order valence-electron chi connectivity index (χ4n) is 3.15. The monoisotopic (exact) mass is 439 g/mol. The lowest BCUT2D eigenvalue weighted by molar-refractivity contribution is -0.185. The zero-order valence-corrected chi connectivity index (χ0v) is 16.8. The first-order chi connectivity index (χ1) is 14.1. The van der Waals surface area contributed by atoms with Crippen molar-refractivity contribution in [2.45, 2.75) is 19.5 Å². The third kappa shape index (κ3) is 4.59. The van der Waals surface area contributed by atoms with Gasteiger partial charge in [-0.15, -0.1) is 0 Å². The number of hydrogen-bond acceptors (Lipinski definition) is 4. The second-order valence-electron chi connectivity index (χ2n) is 6.55. The summed E-state index contributed by atoms with van der Waals surface area (Å²) in [5, 5.41) is 0.983. The Kier molecular flexibility index (Phi) is 6.07. The molecule has 3 aromatic rings. The maximum atomic E-state index is 13.1. The summed E-state index contributed by atoms with van der Waals surface area (Å²) >= 11 is 5.88. The summed E-state index contributed by atoms with van der Waals surface area (Å²) in [6, 6.07) is 11.2. The van der Waals surface area contributed by atoms with E-state index in [9.17, 15) is 22.8 Å². The third-order valence-electron chi connectivity index (χ3n) is 4.55. The number of benzene rings is 2. The van der Waals surface area contributed by atoms with E-state index in [1.54, 1.807) is 49.4 Å². The Morgan fingerprint density at radius 1 is 1.10 bits per heavy atom. The van der Waals surface area contributed by atoms with E-state index in [0.29, 0.717) is 38.5 Å². The number of esters is 1. The van der Waals surface area contributed by atoms with Crippen LogP contribution >= 0.6 is 11.6 Å². The molecule has 0 aliphatic rings. The molecule has 0 fully saturated rings. The Balaban J connectivity index is 2.06. The van der Waals surface area contributed by atoms with Crippen LogP contribution in [0.3, 0.4) is 0 Å². The Morgan fingerprint density at radius 2 is 1.77 bits per heavy atom. The van der Waals surface area contributed by atoms with Crippen LogP contribution in [0.5, 0.6) is 5.75 Å². The van der Waals surface area contributed by atoms with Crippen molar-refractivity contribution in [2.75, 3.05) is 13.7 Å². The van der Waals surface area contributed by atoms with Crippen LogP contribution in [-0.4, -0.2) is 36.3 Å². The van der Waals surface area contributed by atoms with Gasteiger partial charge in [0.15, 0.2) is 6.61 Å². The molecule has 0 amide bonds. The molecule has 1 heterocycles. The quantitative estimate of drug-likeness (QED) is 0.528. The zero-order chi connectivity index (χ0) is 22.1. The van der Waals surface area contributed by atoms with Gasteiger partial charge in [-0.3, -0.25) is 14.2 Å². The molecule has 0 bridgehead atoms. The summed E-state index contributed by atoms with van der Waals surface area (Å²) in [6.45, 7) is -0.0524. The Labute approximate surface area is 174 Å². The fourth-order valence-corrected chi connectivity index (χ4v) is 3.28. The molecule has 0 saturated heterocycles. The molecular formula is C21H17ClF3NO4. The van der Waals surface area contributed by atoms with Gasteiger partial charge in [0.05, 0.1) is 19.0 Å². The van der Waals surface area contributed by atoms with E-state index >= 15 is 0 Å². The van der Waals surface area contributed by atoms with E-state index in [1.165, 1.54) is 11.7 Å². The number of fused-ring (bicyclic) bond motifs is 1. The molecule has 0 saturated carbocycles. The Hall–Kier alpha value is -3.00. The van der Waals surface area contributed by atoms with Crippen LogP contribution in [0.15, 0.2) is 42.5 Å². The van der Waals surface area contributed by atoms with Crippen LogP contribution in [-0.2, 0) is 16.0 Å². The molecular weight excluding hydrogens is 423 g/mol. The van der Waals surface area contributed by atoms with E-state index in [1.807, 2.05) is 0 Å². The van der Waals surface area contributed by atoms with Gasteiger partial charge in [-0.2, -0.15) is 13.2 Å². The smallest absolute Gasteiger partial charge is 0.422 e. The average molecular weight is 440 g/mol. The number of nitrogens with zero attached hydrogens (tertiary/aromatic N) is 1. The van der Waals surface area contributed by atoms with Crippen molar-refractivity contribution < 1.29 is 32.2 Å². The van der Waals surface area contributed by atoms with Crippen molar-refractivity contribution in [3.63, 3.8) is 0 Å². The molecule has 0 N–H and O–H groups in total. The van der Waals surface area contributed by atoms with Gasteiger partial charge in [0.25, 0.3) is 5.91 Å². The molecule has 3 rings (SSSR count). The normalized spacial score (nSPS) is 11.5. The lowest BCUT2D eigenvalue weighted by atomic mass is 10.1. The minimum Gasteiger partial charge on any atom is -0.497 e. The van der Waals surface area contributed by atoms with Crippen molar-refractivity contribution in [1.29, 1.82) is 0 Å². The maximum Gasteiger partial charge on any atom is 0.422 e. The molecule has 0 spiro atoms. The van der Waals surface area contributed by atoms with E-state index in [2.05, 4.69) is 4.74 Å². The van der Waals surface area contributed by atoms with Gasteiger partial charge in [-0.1, -0.05) is 11.6 Å². The van der Waals surface area contributed by atoms with Crippen molar-refractivity contribution >= 4 is 34.4 Å². The molecule has 2 aromatic carbocycles. The van der Waals surface area contributed by atoms with Crippen LogP contribution in [0.2, 0.25) is 5.02 Å². The van der Waals surface area contributed by atoms with Crippen LogP contribution in [0.25, 0.3) is 10.9 Å². The predicted octanol–water partition coefficient (Wildman–Crippen LogP) is 4.95. The number of carbonyl (C=O) groups excluding carboxylic acids is 2. The Morgan fingerprint density at radius 3 is 2.37 bits per heavy atom. The molecule has 0 radical (unpaired) electrons.